The topological polar surface area (TPSA) is 96.0 Å². The molecular formula is C14H13N3O2S. The molecule has 0 saturated heterocycles. The van der Waals surface area contributed by atoms with Gasteiger partial charge in [0.1, 0.15) is 0 Å². The van der Waals surface area contributed by atoms with Gasteiger partial charge >= 0.3 is 0 Å². The fourth-order valence-corrected chi connectivity index (χ4v) is 2.82. The van der Waals surface area contributed by atoms with E-state index in [-0.39, 0.29) is 10.5 Å². The highest BCUT2D eigenvalue weighted by Crippen LogP contribution is 2.23. The number of sulfonamides is 1. The van der Waals surface area contributed by atoms with Gasteiger partial charge in [-0.3, -0.25) is 4.72 Å². The van der Waals surface area contributed by atoms with Crippen LogP contribution < -0.4 is 10.5 Å². The smallest absolute Gasteiger partial charge is 0.262 e. The van der Waals surface area contributed by atoms with E-state index in [2.05, 4.69) is 4.72 Å². The van der Waals surface area contributed by atoms with E-state index in [9.17, 15) is 8.42 Å². The van der Waals surface area contributed by atoms with Crippen LogP contribution in [0.15, 0.2) is 47.4 Å². The van der Waals surface area contributed by atoms with Gasteiger partial charge in [-0.1, -0.05) is 12.1 Å². The van der Waals surface area contributed by atoms with Crippen LogP contribution in [-0.2, 0) is 10.0 Å². The van der Waals surface area contributed by atoms with Crippen LogP contribution in [0, 0.1) is 18.3 Å². The molecule has 6 heteroatoms. The van der Waals surface area contributed by atoms with Crippen LogP contribution in [0.25, 0.3) is 0 Å². The molecule has 2 rings (SSSR count). The first-order chi connectivity index (χ1) is 9.42. The van der Waals surface area contributed by atoms with Crippen molar-refractivity contribution in [2.24, 2.45) is 0 Å². The van der Waals surface area contributed by atoms with E-state index in [1.807, 2.05) is 13.0 Å². The number of nitrogens with one attached hydrogen (secondary N) is 1. The third-order valence-corrected chi connectivity index (χ3v) is 4.09. The maximum atomic E-state index is 12.3. The predicted octanol–water partition coefficient (Wildman–Crippen LogP) is 2.25. The molecule has 0 bridgehead atoms. The molecule has 0 aromatic heterocycles. The van der Waals surface area contributed by atoms with Crippen molar-refractivity contribution in [1.29, 1.82) is 5.26 Å². The average Bonchev–Trinajstić information content (AvgIpc) is 2.43. The molecule has 0 aliphatic carbocycles. The number of nitrogens with zero attached hydrogens (tertiary/aromatic N) is 1. The first kappa shape index (κ1) is 13.9. The fraction of sp³-hybridized carbons (Fsp3) is 0.0714. The van der Waals surface area contributed by atoms with E-state index in [0.29, 0.717) is 11.4 Å². The fourth-order valence-electron chi connectivity index (χ4n) is 1.69. The minimum Gasteiger partial charge on any atom is -0.397 e. The zero-order valence-corrected chi connectivity index (χ0v) is 11.6. The molecule has 0 fully saturated rings. The molecule has 102 valence electrons. The van der Waals surface area contributed by atoms with Gasteiger partial charge < -0.3 is 5.73 Å². The van der Waals surface area contributed by atoms with Crippen LogP contribution >= 0.6 is 0 Å². The van der Waals surface area contributed by atoms with Crippen molar-refractivity contribution in [1.82, 2.24) is 0 Å². The maximum Gasteiger partial charge on any atom is 0.262 e. The second-order valence-electron chi connectivity index (χ2n) is 4.34. The highest BCUT2D eigenvalue weighted by Gasteiger charge is 2.16. The minimum absolute atomic E-state index is 0.0254. The molecule has 0 atom stereocenters. The van der Waals surface area contributed by atoms with Gasteiger partial charge in [0.15, 0.2) is 0 Å². The van der Waals surface area contributed by atoms with Crippen molar-refractivity contribution < 1.29 is 8.42 Å². The van der Waals surface area contributed by atoms with Crippen LogP contribution in [0.5, 0.6) is 0 Å². The Bertz CT molecular complexity index is 792. The number of hydrogen-bond acceptors (Lipinski definition) is 4. The second kappa shape index (κ2) is 5.23. The van der Waals surface area contributed by atoms with Crippen molar-refractivity contribution in [3.63, 3.8) is 0 Å². The molecule has 3 N–H and O–H groups in total. The van der Waals surface area contributed by atoms with Gasteiger partial charge in [0.25, 0.3) is 10.0 Å². The van der Waals surface area contributed by atoms with Crippen molar-refractivity contribution in [2.45, 2.75) is 11.8 Å². The van der Waals surface area contributed by atoms with Gasteiger partial charge in [-0.05, 0) is 42.8 Å². The summed E-state index contributed by atoms with van der Waals surface area (Å²) in [5.74, 6) is 0. The highest BCUT2D eigenvalue weighted by molar-refractivity contribution is 7.92. The summed E-state index contributed by atoms with van der Waals surface area (Å²) in [5, 5.41) is 8.81. The Kier molecular flexibility index (Phi) is 3.63. The zero-order chi connectivity index (χ0) is 14.8. The SMILES string of the molecule is Cc1ccc(N)c(NS(=O)(=O)c2cccc(C#N)c2)c1. The molecule has 5 nitrogen and oxygen atoms in total. The van der Waals surface area contributed by atoms with Crippen LogP contribution in [0.3, 0.4) is 0 Å². The Morgan fingerprint density at radius 1 is 1.20 bits per heavy atom. The zero-order valence-electron chi connectivity index (χ0n) is 10.8. The normalized spacial score (nSPS) is 10.8. The Morgan fingerprint density at radius 2 is 1.95 bits per heavy atom. The highest BCUT2D eigenvalue weighted by atomic mass is 32.2. The molecule has 2 aromatic carbocycles. The lowest BCUT2D eigenvalue weighted by atomic mass is 10.2. The number of hydrogen-bond donors (Lipinski definition) is 2. The molecule has 0 unspecified atom stereocenters. The van der Waals surface area contributed by atoms with Crippen molar-refractivity contribution >= 4 is 21.4 Å². The van der Waals surface area contributed by atoms with E-state index in [4.69, 9.17) is 11.0 Å². The van der Waals surface area contributed by atoms with Gasteiger partial charge in [0, 0.05) is 0 Å². The summed E-state index contributed by atoms with van der Waals surface area (Å²) < 4.78 is 26.9. The third kappa shape index (κ3) is 2.90. The standard InChI is InChI=1S/C14H13N3O2S/c1-10-5-6-13(16)14(7-10)17-20(18,19)12-4-2-3-11(8-12)9-15/h2-8,17H,16H2,1H3. The molecule has 2 aromatic rings. The molecular weight excluding hydrogens is 274 g/mol. The van der Waals surface area contributed by atoms with Gasteiger partial charge in [0.2, 0.25) is 0 Å². The summed E-state index contributed by atoms with van der Waals surface area (Å²) in [5.41, 5.74) is 7.59. The van der Waals surface area contributed by atoms with Crippen LogP contribution in [0.4, 0.5) is 11.4 Å². The summed E-state index contributed by atoms with van der Waals surface area (Å²) in [7, 11) is -3.77. The van der Waals surface area contributed by atoms with E-state index in [1.165, 1.54) is 18.2 Å². The Labute approximate surface area is 117 Å². The van der Waals surface area contributed by atoms with Crippen LogP contribution in [0.2, 0.25) is 0 Å². The molecule has 0 radical (unpaired) electrons. The van der Waals surface area contributed by atoms with Gasteiger partial charge in [-0.2, -0.15) is 5.26 Å². The number of rotatable bonds is 3. The number of nitrogens with two attached hydrogens (primary N) is 1. The Morgan fingerprint density at radius 3 is 2.65 bits per heavy atom. The molecule has 0 saturated carbocycles. The van der Waals surface area contributed by atoms with Crippen molar-refractivity contribution in [3.05, 3.63) is 53.6 Å². The first-order valence-corrected chi connectivity index (χ1v) is 7.30. The summed E-state index contributed by atoms with van der Waals surface area (Å²) in [6, 6.07) is 12.8. The average molecular weight is 287 g/mol. The van der Waals surface area contributed by atoms with Crippen LogP contribution in [0.1, 0.15) is 11.1 Å². The van der Waals surface area contributed by atoms with Gasteiger partial charge in [0.05, 0.1) is 27.9 Å². The van der Waals surface area contributed by atoms with Crippen molar-refractivity contribution in [2.75, 3.05) is 10.5 Å². The minimum atomic E-state index is -3.77. The van der Waals surface area contributed by atoms with E-state index < -0.39 is 10.0 Å². The lowest BCUT2D eigenvalue weighted by molar-refractivity contribution is 0.601. The number of anilines is 2. The summed E-state index contributed by atoms with van der Waals surface area (Å²) in [6.07, 6.45) is 0. The van der Waals surface area contributed by atoms with Crippen LogP contribution in [-0.4, -0.2) is 8.42 Å². The summed E-state index contributed by atoms with van der Waals surface area (Å²) in [4.78, 5) is 0.0254. The first-order valence-electron chi connectivity index (χ1n) is 5.81. The summed E-state index contributed by atoms with van der Waals surface area (Å²) >= 11 is 0. The largest absolute Gasteiger partial charge is 0.397 e. The number of benzene rings is 2. The van der Waals surface area contributed by atoms with E-state index in [1.54, 1.807) is 24.3 Å². The molecule has 0 heterocycles. The lowest BCUT2D eigenvalue weighted by Crippen LogP contribution is -2.14. The molecule has 20 heavy (non-hydrogen) atoms. The maximum absolute atomic E-state index is 12.3. The second-order valence-corrected chi connectivity index (χ2v) is 6.02. The number of nitriles is 1. The number of nitrogen functional groups attached to an aromatic ring is 1. The lowest BCUT2D eigenvalue weighted by Gasteiger charge is -2.11. The van der Waals surface area contributed by atoms with E-state index >= 15 is 0 Å². The molecule has 0 aliphatic heterocycles. The van der Waals surface area contributed by atoms with Gasteiger partial charge in [-0.15, -0.1) is 0 Å². The van der Waals surface area contributed by atoms with E-state index in [0.717, 1.165) is 5.56 Å². The Hall–Kier alpha value is -2.52. The Balaban J connectivity index is 2.41. The third-order valence-electron chi connectivity index (χ3n) is 2.73. The van der Waals surface area contributed by atoms with Gasteiger partial charge in [-0.25, -0.2) is 8.42 Å². The predicted molar refractivity (Wildman–Crippen MR) is 77.6 cm³/mol. The summed E-state index contributed by atoms with van der Waals surface area (Å²) in [6.45, 7) is 1.84. The van der Waals surface area contributed by atoms with Crippen molar-refractivity contribution in [3.8, 4) is 6.07 Å². The number of aryl methyl sites for hydroxylation is 1. The quantitative estimate of drug-likeness (QED) is 0.846. The molecule has 0 aliphatic rings. The monoisotopic (exact) mass is 287 g/mol. The molecule has 0 amide bonds. The molecule has 0 spiro atoms.